The van der Waals surface area contributed by atoms with E-state index in [2.05, 4.69) is 9.97 Å². The third-order valence-electron chi connectivity index (χ3n) is 4.50. The maximum Gasteiger partial charge on any atom is 0.410 e. The van der Waals surface area contributed by atoms with E-state index in [1.54, 1.807) is 11.1 Å². The van der Waals surface area contributed by atoms with Crippen molar-refractivity contribution in [3.05, 3.63) is 23.8 Å². The smallest absolute Gasteiger partial charge is 0.410 e. The van der Waals surface area contributed by atoms with Crippen LogP contribution in [0.1, 0.15) is 49.8 Å². The van der Waals surface area contributed by atoms with Crippen LogP contribution in [-0.4, -0.2) is 57.6 Å². The highest BCUT2D eigenvalue weighted by molar-refractivity contribution is 5.96. The van der Waals surface area contributed by atoms with Gasteiger partial charge in [0, 0.05) is 12.1 Å². The van der Waals surface area contributed by atoms with Crippen LogP contribution in [0.5, 0.6) is 0 Å². The van der Waals surface area contributed by atoms with Crippen LogP contribution >= 0.6 is 0 Å². The molecule has 1 amide bonds. The zero-order chi connectivity index (χ0) is 18.2. The van der Waals surface area contributed by atoms with E-state index < -0.39 is 5.60 Å². The van der Waals surface area contributed by atoms with Crippen molar-refractivity contribution in [2.45, 2.75) is 58.2 Å². The first kappa shape index (κ1) is 17.8. The number of fused-ring (bicyclic) bond motifs is 2. The van der Waals surface area contributed by atoms with Gasteiger partial charge in [0.05, 0.1) is 37.2 Å². The monoisotopic (exact) mass is 347 g/mol. The number of aryl methyl sites for hydroxylation is 1. The summed E-state index contributed by atoms with van der Waals surface area (Å²) in [6.07, 6.45) is 3.94. The van der Waals surface area contributed by atoms with E-state index >= 15 is 0 Å². The zero-order valence-corrected chi connectivity index (χ0v) is 15.2. The number of amides is 1. The number of morpholine rings is 1. The van der Waals surface area contributed by atoms with Gasteiger partial charge in [-0.2, -0.15) is 0 Å². The first-order valence-corrected chi connectivity index (χ1v) is 8.66. The summed E-state index contributed by atoms with van der Waals surface area (Å²) in [6, 6.07) is -0.289. The number of nitrogens with zero attached hydrogens (tertiary/aromatic N) is 3. The van der Waals surface area contributed by atoms with Crippen molar-refractivity contribution in [2.24, 2.45) is 5.92 Å². The van der Waals surface area contributed by atoms with Gasteiger partial charge >= 0.3 is 6.09 Å². The first-order chi connectivity index (χ1) is 11.7. The van der Waals surface area contributed by atoms with E-state index in [9.17, 15) is 9.59 Å². The normalized spacial score (nSPS) is 26.2. The SMILES string of the molecule is Cc1cncc(C(=O)C2CC3COCC(C2)N3C(=O)OC(C)(C)C)n1. The van der Waals surface area contributed by atoms with Crippen LogP contribution in [0.3, 0.4) is 0 Å². The third-order valence-corrected chi connectivity index (χ3v) is 4.50. The van der Waals surface area contributed by atoms with E-state index in [4.69, 9.17) is 9.47 Å². The molecule has 3 rings (SSSR count). The van der Waals surface area contributed by atoms with Crippen LogP contribution in [0.2, 0.25) is 0 Å². The van der Waals surface area contributed by atoms with Crippen LogP contribution in [0.4, 0.5) is 4.79 Å². The summed E-state index contributed by atoms with van der Waals surface area (Å²) >= 11 is 0. The molecule has 7 nitrogen and oxygen atoms in total. The standard InChI is InChI=1S/C18H25N3O4/c1-11-7-19-8-15(20-11)16(22)12-5-13-9-24-10-14(6-12)21(13)17(23)25-18(2,3)4/h7-8,12-14H,5-6,9-10H2,1-4H3. The molecule has 25 heavy (non-hydrogen) atoms. The Kier molecular flexibility index (Phi) is 4.77. The van der Waals surface area contributed by atoms with Crippen molar-refractivity contribution in [1.29, 1.82) is 0 Å². The molecule has 7 heteroatoms. The molecule has 2 aliphatic rings. The molecule has 2 aliphatic heterocycles. The largest absolute Gasteiger partial charge is 0.444 e. The molecule has 2 bridgehead atoms. The van der Waals surface area contributed by atoms with Crippen molar-refractivity contribution in [3.63, 3.8) is 0 Å². The Balaban J connectivity index is 1.75. The highest BCUT2D eigenvalue weighted by atomic mass is 16.6. The second-order valence-corrected chi connectivity index (χ2v) is 7.81. The van der Waals surface area contributed by atoms with Gasteiger partial charge in [-0.25, -0.2) is 9.78 Å². The van der Waals surface area contributed by atoms with E-state index in [0.29, 0.717) is 31.7 Å². The molecule has 2 unspecified atom stereocenters. The minimum atomic E-state index is -0.546. The van der Waals surface area contributed by atoms with Crippen LogP contribution < -0.4 is 0 Å². The van der Waals surface area contributed by atoms with Gasteiger partial charge in [0.2, 0.25) is 0 Å². The van der Waals surface area contributed by atoms with Crippen molar-refractivity contribution in [3.8, 4) is 0 Å². The van der Waals surface area contributed by atoms with Gasteiger partial charge in [-0.15, -0.1) is 0 Å². The average Bonchev–Trinajstić information content (AvgIpc) is 2.51. The predicted molar refractivity (Wildman–Crippen MR) is 90.3 cm³/mol. The maximum absolute atomic E-state index is 12.8. The zero-order valence-electron chi connectivity index (χ0n) is 15.2. The van der Waals surface area contributed by atoms with Gasteiger partial charge in [0.25, 0.3) is 0 Å². The van der Waals surface area contributed by atoms with E-state index in [0.717, 1.165) is 5.69 Å². The van der Waals surface area contributed by atoms with Crippen LogP contribution in [0, 0.1) is 12.8 Å². The number of ether oxygens (including phenoxy) is 2. The molecule has 0 aromatic carbocycles. The van der Waals surface area contributed by atoms with Gasteiger partial charge in [0.15, 0.2) is 5.78 Å². The summed E-state index contributed by atoms with van der Waals surface area (Å²) in [7, 11) is 0. The van der Waals surface area contributed by atoms with Gasteiger partial charge < -0.3 is 9.47 Å². The number of hydrogen-bond donors (Lipinski definition) is 0. The number of aromatic nitrogens is 2. The molecule has 136 valence electrons. The first-order valence-electron chi connectivity index (χ1n) is 8.66. The molecule has 2 saturated heterocycles. The Morgan fingerprint density at radius 3 is 2.40 bits per heavy atom. The highest BCUT2D eigenvalue weighted by Crippen LogP contribution is 2.34. The minimum absolute atomic E-state index is 0.00283. The van der Waals surface area contributed by atoms with Crippen molar-refractivity contribution >= 4 is 11.9 Å². The summed E-state index contributed by atoms with van der Waals surface area (Å²) in [5, 5.41) is 0. The fourth-order valence-electron chi connectivity index (χ4n) is 3.53. The third kappa shape index (κ3) is 3.98. The number of carbonyl (C=O) groups is 2. The van der Waals surface area contributed by atoms with E-state index in [1.807, 2.05) is 27.7 Å². The van der Waals surface area contributed by atoms with Crippen LogP contribution in [0.15, 0.2) is 12.4 Å². The topological polar surface area (TPSA) is 81.6 Å². The second-order valence-electron chi connectivity index (χ2n) is 7.81. The molecule has 2 atom stereocenters. The molecule has 2 fully saturated rings. The molecule has 1 aromatic heterocycles. The predicted octanol–water partition coefficient (Wildman–Crippen LogP) is 2.38. The Morgan fingerprint density at radius 2 is 1.84 bits per heavy atom. The van der Waals surface area contributed by atoms with Gasteiger partial charge in [0.1, 0.15) is 11.3 Å². The van der Waals surface area contributed by atoms with E-state index in [1.165, 1.54) is 6.20 Å². The van der Waals surface area contributed by atoms with Gasteiger partial charge in [-0.05, 0) is 40.5 Å². The maximum atomic E-state index is 12.8. The second kappa shape index (κ2) is 6.71. The summed E-state index contributed by atoms with van der Waals surface area (Å²) in [4.78, 5) is 35.5. The van der Waals surface area contributed by atoms with Crippen molar-refractivity contribution in [2.75, 3.05) is 13.2 Å². The lowest BCUT2D eigenvalue weighted by atomic mass is 9.82. The van der Waals surface area contributed by atoms with Crippen LogP contribution in [-0.2, 0) is 9.47 Å². The number of Topliss-reactive ketones (excluding diaryl/α,β-unsaturated/α-hetero) is 1. The molecular formula is C18H25N3O4. The minimum Gasteiger partial charge on any atom is -0.444 e. The number of rotatable bonds is 2. The lowest BCUT2D eigenvalue weighted by Gasteiger charge is -2.47. The number of carbonyl (C=O) groups excluding carboxylic acids is 2. The number of ketones is 1. The summed E-state index contributed by atoms with van der Waals surface area (Å²) < 4.78 is 11.1. The molecule has 0 N–H and O–H groups in total. The average molecular weight is 347 g/mol. The van der Waals surface area contributed by atoms with E-state index in [-0.39, 0.29) is 29.9 Å². The molecule has 0 spiro atoms. The Labute approximate surface area is 147 Å². The fourth-order valence-corrected chi connectivity index (χ4v) is 3.53. The fraction of sp³-hybridized carbons (Fsp3) is 0.667. The molecule has 1 aromatic rings. The molecule has 0 radical (unpaired) electrons. The Hall–Kier alpha value is -2.02. The van der Waals surface area contributed by atoms with Crippen molar-refractivity contribution in [1.82, 2.24) is 14.9 Å². The molecule has 0 saturated carbocycles. The Bertz CT molecular complexity index is 657. The lowest BCUT2D eigenvalue weighted by molar-refractivity contribution is -0.0861. The Morgan fingerprint density at radius 1 is 1.20 bits per heavy atom. The molecule has 3 heterocycles. The van der Waals surface area contributed by atoms with Crippen LogP contribution in [0.25, 0.3) is 0 Å². The molecule has 0 aliphatic carbocycles. The highest BCUT2D eigenvalue weighted by Gasteiger charge is 2.45. The number of piperidine rings is 1. The quantitative estimate of drug-likeness (QED) is 0.764. The molecular weight excluding hydrogens is 322 g/mol. The number of hydrogen-bond acceptors (Lipinski definition) is 6. The lowest BCUT2D eigenvalue weighted by Crippen LogP contribution is -2.60. The van der Waals surface area contributed by atoms with Gasteiger partial charge in [-0.3, -0.25) is 14.7 Å². The van der Waals surface area contributed by atoms with Crippen molar-refractivity contribution < 1.29 is 19.1 Å². The van der Waals surface area contributed by atoms with Gasteiger partial charge in [-0.1, -0.05) is 0 Å². The summed E-state index contributed by atoms with van der Waals surface area (Å²) in [6.45, 7) is 8.23. The summed E-state index contributed by atoms with van der Waals surface area (Å²) in [5.74, 6) is -0.175. The summed E-state index contributed by atoms with van der Waals surface area (Å²) in [5.41, 5.74) is 0.575.